The second kappa shape index (κ2) is 14.9. The van der Waals surface area contributed by atoms with E-state index in [4.69, 9.17) is 9.73 Å². The lowest BCUT2D eigenvalue weighted by molar-refractivity contribution is 0.0264. The van der Waals surface area contributed by atoms with E-state index in [0.29, 0.717) is 6.10 Å². The number of rotatable bonds is 9. The summed E-state index contributed by atoms with van der Waals surface area (Å²) in [6.07, 6.45) is 5.01. The summed E-state index contributed by atoms with van der Waals surface area (Å²) in [7, 11) is 0. The van der Waals surface area contributed by atoms with Gasteiger partial charge in [-0.25, -0.2) is 0 Å². The zero-order valence-electron chi connectivity index (χ0n) is 19.5. The number of hydrogen-bond donors (Lipinski definition) is 1. The Morgan fingerprint density at radius 3 is 2.35 bits per heavy atom. The van der Waals surface area contributed by atoms with Crippen LogP contribution in [0.1, 0.15) is 39.5 Å². The van der Waals surface area contributed by atoms with Gasteiger partial charge in [-0.1, -0.05) is 18.2 Å². The Bertz CT molecular complexity index is 614. The standard InChI is InChI=1S/C24H41N5O.HI/c1-3-25-24(29-16-12-23(13-17-29)30-4-2)26-14-8-9-15-27-18-20-28(21-19-27)22-10-6-5-7-11-22;/h5-7,10-11,23H,3-4,8-9,12-21H2,1-2H3,(H,25,26);1H. The summed E-state index contributed by atoms with van der Waals surface area (Å²) in [6.45, 7) is 14.8. The maximum absolute atomic E-state index is 5.78. The van der Waals surface area contributed by atoms with Gasteiger partial charge in [0.25, 0.3) is 0 Å². The molecule has 0 unspecified atom stereocenters. The van der Waals surface area contributed by atoms with Crippen molar-refractivity contribution in [1.29, 1.82) is 0 Å². The number of nitrogens with one attached hydrogen (secondary N) is 1. The van der Waals surface area contributed by atoms with Crippen molar-refractivity contribution in [2.45, 2.75) is 45.6 Å². The fourth-order valence-electron chi connectivity index (χ4n) is 4.40. The highest BCUT2D eigenvalue weighted by Gasteiger charge is 2.21. The third-order valence-corrected chi connectivity index (χ3v) is 6.12. The molecular weight excluding hydrogens is 501 g/mol. The minimum absolute atomic E-state index is 0. The number of hydrogen-bond acceptors (Lipinski definition) is 4. The highest BCUT2D eigenvalue weighted by atomic mass is 127. The van der Waals surface area contributed by atoms with Gasteiger partial charge in [0.05, 0.1) is 6.10 Å². The summed E-state index contributed by atoms with van der Waals surface area (Å²) < 4.78 is 5.78. The largest absolute Gasteiger partial charge is 0.378 e. The molecule has 3 rings (SSSR count). The highest BCUT2D eigenvalue weighted by molar-refractivity contribution is 14.0. The van der Waals surface area contributed by atoms with Crippen LogP contribution >= 0.6 is 24.0 Å². The van der Waals surface area contributed by atoms with Crippen LogP contribution < -0.4 is 10.2 Å². The van der Waals surface area contributed by atoms with Crippen molar-refractivity contribution in [3.8, 4) is 0 Å². The number of halogens is 1. The molecule has 2 aliphatic heterocycles. The van der Waals surface area contributed by atoms with Gasteiger partial charge in [-0.3, -0.25) is 9.89 Å². The van der Waals surface area contributed by atoms with Gasteiger partial charge in [0.2, 0.25) is 0 Å². The number of nitrogens with zero attached hydrogens (tertiary/aromatic N) is 4. The van der Waals surface area contributed by atoms with Gasteiger partial charge < -0.3 is 19.9 Å². The van der Waals surface area contributed by atoms with Crippen LogP contribution in [0.4, 0.5) is 5.69 Å². The molecule has 6 nitrogen and oxygen atoms in total. The molecule has 0 aliphatic carbocycles. The number of piperazine rings is 1. The molecule has 2 fully saturated rings. The number of para-hydroxylation sites is 1. The van der Waals surface area contributed by atoms with Gasteiger partial charge in [0, 0.05) is 64.7 Å². The van der Waals surface area contributed by atoms with Crippen molar-refractivity contribution in [2.24, 2.45) is 4.99 Å². The van der Waals surface area contributed by atoms with Crippen molar-refractivity contribution in [2.75, 3.05) is 70.4 Å². The zero-order valence-corrected chi connectivity index (χ0v) is 21.8. The first-order chi connectivity index (χ1) is 14.8. The van der Waals surface area contributed by atoms with Gasteiger partial charge in [-0.05, 0) is 58.2 Å². The molecule has 0 aromatic heterocycles. The molecule has 176 valence electrons. The van der Waals surface area contributed by atoms with Crippen LogP contribution in [-0.2, 0) is 4.74 Å². The predicted molar refractivity (Wildman–Crippen MR) is 142 cm³/mol. The number of guanidine groups is 1. The fourth-order valence-corrected chi connectivity index (χ4v) is 4.40. The molecule has 1 N–H and O–H groups in total. The Kier molecular flexibility index (Phi) is 12.6. The summed E-state index contributed by atoms with van der Waals surface area (Å²) in [6, 6.07) is 10.8. The summed E-state index contributed by atoms with van der Waals surface area (Å²) >= 11 is 0. The Hall–Kier alpha value is -1.06. The van der Waals surface area contributed by atoms with Crippen molar-refractivity contribution in [3.63, 3.8) is 0 Å². The molecule has 0 atom stereocenters. The van der Waals surface area contributed by atoms with E-state index in [1.807, 2.05) is 0 Å². The Morgan fingerprint density at radius 1 is 1.00 bits per heavy atom. The second-order valence-electron chi connectivity index (χ2n) is 8.25. The first kappa shape index (κ1) is 26.2. The molecule has 0 bridgehead atoms. The minimum Gasteiger partial charge on any atom is -0.378 e. The molecule has 2 saturated heterocycles. The first-order valence-electron chi connectivity index (χ1n) is 12.0. The lowest BCUT2D eigenvalue weighted by Crippen LogP contribution is -2.47. The molecule has 0 amide bonds. The van der Waals surface area contributed by atoms with Crippen molar-refractivity contribution in [1.82, 2.24) is 15.1 Å². The number of anilines is 1. The quantitative estimate of drug-likeness (QED) is 0.223. The number of piperidine rings is 1. The molecule has 2 heterocycles. The van der Waals surface area contributed by atoms with E-state index in [1.165, 1.54) is 18.7 Å². The smallest absolute Gasteiger partial charge is 0.193 e. The number of likely N-dealkylation sites (tertiary alicyclic amines) is 1. The predicted octanol–water partition coefficient (Wildman–Crippen LogP) is 3.67. The molecule has 2 aliphatic rings. The van der Waals surface area contributed by atoms with Gasteiger partial charge in [0.1, 0.15) is 0 Å². The Morgan fingerprint density at radius 2 is 1.71 bits per heavy atom. The molecule has 0 spiro atoms. The van der Waals surface area contributed by atoms with E-state index in [0.717, 1.165) is 84.2 Å². The SMILES string of the molecule is CCNC(=NCCCCN1CCN(c2ccccc2)CC1)N1CCC(OCC)CC1.I. The number of aliphatic imine (C=N–C) groups is 1. The van der Waals surface area contributed by atoms with Crippen molar-refractivity contribution < 1.29 is 4.74 Å². The van der Waals surface area contributed by atoms with Crippen LogP contribution in [0.2, 0.25) is 0 Å². The van der Waals surface area contributed by atoms with Gasteiger partial charge in [-0.15, -0.1) is 24.0 Å². The van der Waals surface area contributed by atoms with E-state index in [-0.39, 0.29) is 24.0 Å². The van der Waals surface area contributed by atoms with Gasteiger partial charge in [0.15, 0.2) is 5.96 Å². The monoisotopic (exact) mass is 543 g/mol. The van der Waals surface area contributed by atoms with Crippen LogP contribution in [0.3, 0.4) is 0 Å². The minimum atomic E-state index is 0. The summed E-state index contributed by atoms with van der Waals surface area (Å²) in [5.74, 6) is 1.09. The molecule has 1 aromatic carbocycles. The van der Waals surface area contributed by atoms with E-state index in [1.54, 1.807) is 0 Å². The maximum atomic E-state index is 5.78. The van der Waals surface area contributed by atoms with Crippen LogP contribution in [0, 0.1) is 0 Å². The topological polar surface area (TPSA) is 43.3 Å². The number of ether oxygens (including phenoxy) is 1. The lowest BCUT2D eigenvalue weighted by atomic mass is 10.1. The lowest BCUT2D eigenvalue weighted by Gasteiger charge is -2.36. The Labute approximate surface area is 206 Å². The van der Waals surface area contributed by atoms with Gasteiger partial charge >= 0.3 is 0 Å². The summed E-state index contributed by atoms with van der Waals surface area (Å²) in [4.78, 5) is 12.4. The Balaban J connectivity index is 0.00000341. The average Bonchev–Trinajstić information content (AvgIpc) is 2.80. The van der Waals surface area contributed by atoms with Crippen LogP contribution in [0.15, 0.2) is 35.3 Å². The molecular formula is C24H42IN5O. The van der Waals surface area contributed by atoms with Gasteiger partial charge in [-0.2, -0.15) is 0 Å². The number of benzene rings is 1. The van der Waals surface area contributed by atoms with Crippen LogP contribution in [0.5, 0.6) is 0 Å². The van der Waals surface area contributed by atoms with E-state index >= 15 is 0 Å². The average molecular weight is 544 g/mol. The third-order valence-electron chi connectivity index (χ3n) is 6.12. The highest BCUT2D eigenvalue weighted by Crippen LogP contribution is 2.16. The van der Waals surface area contributed by atoms with Crippen LogP contribution in [0.25, 0.3) is 0 Å². The fraction of sp³-hybridized carbons (Fsp3) is 0.708. The van der Waals surface area contributed by atoms with Crippen LogP contribution in [-0.4, -0.2) is 87.4 Å². The summed E-state index contributed by atoms with van der Waals surface area (Å²) in [5, 5.41) is 3.48. The number of unbranched alkanes of at least 4 members (excludes halogenated alkanes) is 1. The normalized spacial score (nSPS) is 18.7. The molecule has 7 heteroatoms. The van der Waals surface area contributed by atoms with Crippen molar-refractivity contribution in [3.05, 3.63) is 30.3 Å². The zero-order chi connectivity index (χ0) is 21.0. The molecule has 0 saturated carbocycles. The maximum Gasteiger partial charge on any atom is 0.193 e. The third kappa shape index (κ3) is 8.77. The molecule has 1 aromatic rings. The first-order valence-corrected chi connectivity index (χ1v) is 12.0. The van der Waals surface area contributed by atoms with E-state index in [9.17, 15) is 0 Å². The second-order valence-corrected chi connectivity index (χ2v) is 8.25. The molecule has 31 heavy (non-hydrogen) atoms. The van der Waals surface area contributed by atoms with E-state index in [2.05, 4.69) is 64.2 Å². The van der Waals surface area contributed by atoms with Crippen molar-refractivity contribution >= 4 is 35.6 Å². The van der Waals surface area contributed by atoms with E-state index < -0.39 is 0 Å². The molecule has 0 radical (unpaired) electrons. The summed E-state index contributed by atoms with van der Waals surface area (Å²) in [5.41, 5.74) is 1.35.